The molecule has 1 amide bonds. The quantitative estimate of drug-likeness (QED) is 0.637. The van der Waals surface area contributed by atoms with Gasteiger partial charge >= 0.3 is 0 Å². The van der Waals surface area contributed by atoms with Crippen molar-refractivity contribution in [3.63, 3.8) is 0 Å². The summed E-state index contributed by atoms with van der Waals surface area (Å²) in [6.45, 7) is 10.5. The van der Waals surface area contributed by atoms with Crippen LogP contribution in [0, 0.1) is 0 Å². The van der Waals surface area contributed by atoms with Gasteiger partial charge in [0.25, 0.3) is 0 Å². The first-order chi connectivity index (χ1) is 9.58. The number of Topliss-reactive ketones (excluding diaryl/α,β-unsaturated/α-hetero) is 1. The first-order valence-corrected chi connectivity index (χ1v) is 7.56. The number of carbonyl (C=O) groups is 2. The van der Waals surface area contributed by atoms with Gasteiger partial charge in [-0.2, -0.15) is 0 Å². The Balaban J connectivity index is 3.96. The highest BCUT2D eigenvalue weighted by Crippen LogP contribution is 2.20. The highest BCUT2D eigenvalue weighted by atomic mass is 16.5. The third-order valence-corrected chi connectivity index (χ3v) is 3.38. The molecule has 124 valence electrons. The van der Waals surface area contributed by atoms with Crippen LogP contribution in [0.5, 0.6) is 0 Å². The van der Waals surface area contributed by atoms with Crippen LogP contribution in [-0.4, -0.2) is 43.2 Å². The zero-order chi connectivity index (χ0) is 16.5. The minimum atomic E-state index is -0.329. The molecule has 5 heteroatoms. The van der Waals surface area contributed by atoms with E-state index in [1.54, 1.807) is 14.0 Å². The number of ether oxygens (including phenoxy) is 2. The molecule has 0 heterocycles. The van der Waals surface area contributed by atoms with E-state index in [0.29, 0.717) is 26.1 Å². The zero-order valence-corrected chi connectivity index (χ0v) is 14.4. The van der Waals surface area contributed by atoms with Crippen molar-refractivity contribution in [3.8, 4) is 0 Å². The van der Waals surface area contributed by atoms with Gasteiger partial charge in [-0.3, -0.25) is 4.79 Å². The van der Waals surface area contributed by atoms with Crippen molar-refractivity contribution in [1.82, 2.24) is 5.32 Å². The summed E-state index contributed by atoms with van der Waals surface area (Å²) in [6.07, 6.45) is 2.37. The van der Waals surface area contributed by atoms with Crippen molar-refractivity contribution in [3.05, 3.63) is 0 Å². The molecule has 21 heavy (non-hydrogen) atoms. The largest absolute Gasteiger partial charge is 0.375 e. The number of carbonyl (C=O) groups excluding carboxylic acids is 2. The molecule has 0 unspecified atom stereocenters. The minimum absolute atomic E-state index is 0.0209. The van der Waals surface area contributed by atoms with Crippen LogP contribution in [0.15, 0.2) is 0 Å². The van der Waals surface area contributed by atoms with Crippen molar-refractivity contribution in [1.29, 1.82) is 0 Å². The van der Waals surface area contributed by atoms with Crippen LogP contribution in [-0.2, 0) is 19.1 Å². The molecule has 0 spiro atoms. The third-order valence-electron chi connectivity index (χ3n) is 3.38. The van der Waals surface area contributed by atoms with Gasteiger partial charge in [0.2, 0.25) is 5.91 Å². The van der Waals surface area contributed by atoms with Gasteiger partial charge in [0.15, 0.2) is 0 Å². The molecule has 0 aliphatic heterocycles. The summed E-state index contributed by atoms with van der Waals surface area (Å²) in [4.78, 5) is 22.1. The lowest BCUT2D eigenvalue weighted by atomic mass is 10.0. The number of ketones is 1. The first-order valence-electron chi connectivity index (χ1n) is 7.56. The average Bonchev–Trinajstić information content (AvgIpc) is 2.35. The number of hydrogen-bond acceptors (Lipinski definition) is 4. The van der Waals surface area contributed by atoms with E-state index in [2.05, 4.69) is 5.32 Å². The van der Waals surface area contributed by atoms with E-state index in [0.717, 1.165) is 12.8 Å². The van der Waals surface area contributed by atoms with Crippen LogP contribution >= 0.6 is 0 Å². The fourth-order valence-electron chi connectivity index (χ4n) is 1.74. The molecule has 0 saturated carbocycles. The van der Waals surface area contributed by atoms with Crippen molar-refractivity contribution >= 4 is 11.7 Å². The summed E-state index contributed by atoms with van der Waals surface area (Å²) in [7, 11) is 1.62. The van der Waals surface area contributed by atoms with Crippen molar-refractivity contribution < 1.29 is 19.1 Å². The lowest BCUT2D eigenvalue weighted by molar-refractivity contribution is -0.124. The van der Waals surface area contributed by atoms with E-state index in [1.165, 1.54) is 0 Å². The van der Waals surface area contributed by atoms with Gasteiger partial charge in [0.05, 0.1) is 24.4 Å². The van der Waals surface area contributed by atoms with Crippen LogP contribution in [0.4, 0.5) is 0 Å². The van der Waals surface area contributed by atoms with Gasteiger partial charge in [-0.15, -0.1) is 0 Å². The lowest BCUT2D eigenvalue weighted by Crippen LogP contribution is -2.32. The second-order valence-corrected chi connectivity index (χ2v) is 6.59. The number of rotatable bonds is 11. The van der Waals surface area contributed by atoms with Crippen molar-refractivity contribution in [2.75, 3.05) is 20.3 Å². The molecular weight excluding hydrogens is 270 g/mol. The van der Waals surface area contributed by atoms with Gasteiger partial charge in [-0.1, -0.05) is 0 Å². The average molecular weight is 301 g/mol. The van der Waals surface area contributed by atoms with Gasteiger partial charge in [0, 0.05) is 19.9 Å². The lowest BCUT2D eigenvalue weighted by Gasteiger charge is -2.29. The van der Waals surface area contributed by atoms with Crippen LogP contribution in [0.1, 0.15) is 60.3 Å². The highest BCUT2D eigenvalue weighted by Gasteiger charge is 2.23. The molecule has 0 atom stereocenters. The smallest absolute Gasteiger partial charge is 0.222 e. The van der Waals surface area contributed by atoms with E-state index in [9.17, 15) is 9.59 Å². The summed E-state index contributed by atoms with van der Waals surface area (Å²) in [6, 6.07) is 0. The Bertz CT molecular complexity index is 337. The van der Waals surface area contributed by atoms with Crippen molar-refractivity contribution in [2.45, 2.75) is 71.5 Å². The number of hydrogen-bond donors (Lipinski definition) is 1. The first kappa shape index (κ1) is 20.1. The fourth-order valence-corrected chi connectivity index (χ4v) is 1.74. The van der Waals surface area contributed by atoms with Crippen molar-refractivity contribution in [2.24, 2.45) is 0 Å². The third kappa shape index (κ3) is 11.4. The van der Waals surface area contributed by atoms with Crippen LogP contribution < -0.4 is 5.32 Å². The van der Waals surface area contributed by atoms with E-state index < -0.39 is 0 Å². The standard InChI is InChI=1S/C16H31NO4/c1-13(18)7-9-15(2,3)21-12-10-16(4,5)20-11-8-14(19)17-6/h7-12H2,1-6H3,(H,17,19). The fraction of sp³-hybridized carbons (Fsp3) is 0.875. The van der Waals surface area contributed by atoms with E-state index in [1.807, 2.05) is 27.7 Å². The van der Waals surface area contributed by atoms with Gasteiger partial charge in [0.1, 0.15) is 5.78 Å². The van der Waals surface area contributed by atoms with Crippen LogP contribution in [0.3, 0.4) is 0 Å². The molecule has 0 aromatic carbocycles. The predicted octanol–water partition coefficient (Wildman–Crippen LogP) is 2.47. The molecule has 0 fully saturated rings. The normalized spacial score (nSPS) is 12.3. The monoisotopic (exact) mass is 301 g/mol. The maximum Gasteiger partial charge on any atom is 0.222 e. The Morgan fingerprint density at radius 1 is 0.905 bits per heavy atom. The Labute approximate surface area is 128 Å². The van der Waals surface area contributed by atoms with Gasteiger partial charge in [-0.25, -0.2) is 0 Å². The summed E-state index contributed by atoms with van der Waals surface area (Å²) < 4.78 is 11.6. The summed E-state index contributed by atoms with van der Waals surface area (Å²) >= 11 is 0. The Hall–Kier alpha value is -0.940. The zero-order valence-electron chi connectivity index (χ0n) is 14.4. The summed E-state index contributed by atoms with van der Waals surface area (Å²) in [5.41, 5.74) is -0.630. The Morgan fingerprint density at radius 2 is 1.43 bits per heavy atom. The number of amides is 1. The molecule has 0 rings (SSSR count). The van der Waals surface area contributed by atoms with E-state index >= 15 is 0 Å². The van der Waals surface area contributed by atoms with Gasteiger partial charge < -0.3 is 19.6 Å². The molecule has 0 radical (unpaired) electrons. The molecule has 0 saturated heterocycles. The summed E-state index contributed by atoms with van der Waals surface area (Å²) in [5.74, 6) is 0.164. The molecule has 0 bridgehead atoms. The molecule has 1 N–H and O–H groups in total. The molecule has 0 aliphatic carbocycles. The second-order valence-electron chi connectivity index (χ2n) is 6.59. The molecule has 0 aromatic heterocycles. The van der Waals surface area contributed by atoms with Crippen LogP contribution in [0.2, 0.25) is 0 Å². The van der Waals surface area contributed by atoms with E-state index in [-0.39, 0.29) is 22.9 Å². The topological polar surface area (TPSA) is 64.6 Å². The molecule has 0 aromatic rings. The SMILES string of the molecule is CNC(=O)CCOC(C)(C)CCOC(C)(C)CCC(C)=O. The molecular formula is C16H31NO4. The molecule has 5 nitrogen and oxygen atoms in total. The minimum Gasteiger partial charge on any atom is -0.375 e. The maximum absolute atomic E-state index is 11.1. The van der Waals surface area contributed by atoms with Gasteiger partial charge in [-0.05, 0) is 47.5 Å². The highest BCUT2D eigenvalue weighted by molar-refractivity contribution is 5.75. The maximum atomic E-state index is 11.1. The second kappa shape index (κ2) is 9.15. The molecule has 0 aliphatic rings. The van der Waals surface area contributed by atoms with Crippen LogP contribution in [0.25, 0.3) is 0 Å². The van der Waals surface area contributed by atoms with E-state index in [4.69, 9.17) is 9.47 Å². The number of nitrogens with one attached hydrogen (secondary N) is 1. The Kier molecular flexibility index (Phi) is 8.74. The Morgan fingerprint density at radius 3 is 1.95 bits per heavy atom. The summed E-state index contributed by atoms with van der Waals surface area (Å²) in [5, 5.41) is 2.57. The predicted molar refractivity (Wildman–Crippen MR) is 83.3 cm³/mol.